The molecule has 0 aliphatic rings. The van der Waals surface area contributed by atoms with Crippen LogP contribution in [0.1, 0.15) is 10.4 Å². The quantitative estimate of drug-likeness (QED) is 0.481. The number of hydrogen-bond donors (Lipinski definition) is 1. The molecule has 0 saturated carbocycles. The van der Waals surface area contributed by atoms with Gasteiger partial charge in [0.2, 0.25) is 0 Å². The number of rotatable bonds is 11. The number of nitrogens with one attached hydrogen (secondary N) is 1. The van der Waals surface area contributed by atoms with Crippen molar-refractivity contribution < 1.29 is 19.0 Å². The second-order valence-electron chi connectivity index (χ2n) is 3.86. The van der Waals surface area contributed by atoms with Gasteiger partial charge >= 0.3 is 0 Å². The van der Waals surface area contributed by atoms with Gasteiger partial charge in [-0.05, 0) is 31.3 Å². The van der Waals surface area contributed by atoms with E-state index in [1.165, 1.54) is 0 Å². The molecule has 0 unspecified atom stereocenters. The first kappa shape index (κ1) is 15.6. The van der Waals surface area contributed by atoms with Crippen LogP contribution in [0.3, 0.4) is 0 Å². The van der Waals surface area contributed by atoms with Crippen molar-refractivity contribution in [1.82, 2.24) is 5.32 Å². The van der Waals surface area contributed by atoms with Gasteiger partial charge in [-0.1, -0.05) is 0 Å². The second kappa shape index (κ2) is 10.5. The fourth-order valence-electron chi connectivity index (χ4n) is 1.36. The minimum Gasteiger partial charge on any atom is -0.491 e. The molecule has 0 aliphatic heterocycles. The molecule has 0 saturated heterocycles. The van der Waals surface area contributed by atoms with Crippen molar-refractivity contribution in [3.05, 3.63) is 29.8 Å². The Hall–Kier alpha value is -1.43. The Morgan fingerprint density at radius 1 is 1.00 bits per heavy atom. The van der Waals surface area contributed by atoms with Crippen molar-refractivity contribution in [2.24, 2.45) is 0 Å². The van der Waals surface area contributed by atoms with E-state index in [0.29, 0.717) is 38.6 Å². The summed E-state index contributed by atoms with van der Waals surface area (Å²) in [6, 6.07) is 6.98. The number of ether oxygens (including phenoxy) is 3. The summed E-state index contributed by atoms with van der Waals surface area (Å²) in [5.74, 6) is 0.736. The molecule has 19 heavy (non-hydrogen) atoms. The summed E-state index contributed by atoms with van der Waals surface area (Å²) in [5, 5.41) is 3.00. The zero-order chi connectivity index (χ0) is 13.8. The highest BCUT2D eigenvalue weighted by Crippen LogP contribution is 2.10. The number of benzene rings is 1. The molecule has 0 bridgehead atoms. The maximum absolute atomic E-state index is 10.5. The fraction of sp³-hybridized carbons (Fsp3) is 0.500. The Labute approximate surface area is 113 Å². The van der Waals surface area contributed by atoms with Gasteiger partial charge in [-0.3, -0.25) is 4.79 Å². The molecule has 1 aromatic rings. The number of carbonyl (C=O) groups is 1. The average molecular weight is 267 g/mol. The van der Waals surface area contributed by atoms with Gasteiger partial charge in [-0.25, -0.2) is 0 Å². The van der Waals surface area contributed by atoms with E-state index in [1.807, 2.05) is 7.05 Å². The summed E-state index contributed by atoms with van der Waals surface area (Å²) in [6.45, 7) is 3.70. The second-order valence-corrected chi connectivity index (χ2v) is 3.86. The van der Waals surface area contributed by atoms with Gasteiger partial charge in [-0.2, -0.15) is 0 Å². The smallest absolute Gasteiger partial charge is 0.150 e. The molecule has 0 amide bonds. The predicted octanol–water partition coefficient (Wildman–Crippen LogP) is 1.13. The molecule has 106 valence electrons. The molecule has 5 nitrogen and oxygen atoms in total. The van der Waals surface area contributed by atoms with E-state index in [2.05, 4.69) is 5.32 Å². The highest BCUT2D eigenvalue weighted by molar-refractivity contribution is 5.74. The number of hydrogen-bond acceptors (Lipinski definition) is 5. The SMILES string of the molecule is CNCCOCCOCCOc1ccc(C=O)cc1. The molecule has 1 aromatic carbocycles. The van der Waals surface area contributed by atoms with Gasteiger partial charge in [0.1, 0.15) is 18.6 Å². The summed E-state index contributed by atoms with van der Waals surface area (Å²) in [7, 11) is 1.89. The molecule has 0 radical (unpaired) electrons. The molecule has 0 spiro atoms. The Morgan fingerprint density at radius 3 is 2.26 bits per heavy atom. The van der Waals surface area contributed by atoms with Crippen molar-refractivity contribution in [2.45, 2.75) is 0 Å². The summed E-state index contributed by atoms with van der Waals surface area (Å²) in [4.78, 5) is 10.5. The highest BCUT2D eigenvalue weighted by atomic mass is 16.5. The van der Waals surface area contributed by atoms with Gasteiger partial charge in [0, 0.05) is 12.1 Å². The van der Waals surface area contributed by atoms with E-state index in [0.717, 1.165) is 18.6 Å². The van der Waals surface area contributed by atoms with Crippen molar-refractivity contribution in [2.75, 3.05) is 46.6 Å². The van der Waals surface area contributed by atoms with Crippen LogP contribution in [0.15, 0.2) is 24.3 Å². The highest BCUT2D eigenvalue weighted by Gasteiger charge is 1.95. The van der Waals surface area contributed by atoms with Crippen molar-refractivity contribution in [1.29, 1.82) is 0 Å². The van der Waals surface area contributed by atoms with Crippen LogP contribution in [0.5, 0.6) is 5.75 Å². The van der Waals surface area contributed by atoms with E-state index in [1.54, 1.807) is 24.3 Å². The van der Waals surface area contributed by atoms with Crippen molar-refractivity contribution >= 4 is 6.29 Å². The molecular formula is C14H21NO4. The maximum atomic E-state index is 10.5. The average Bonchev–Trinajstić information content (AvgIpc) is 2.46. The largest absolute Gasteiger partial charge is 0.491 e. The van der Waals surface area contributed by atoms with Crippen LogP contribution >= 0.6 is 0 Å². The monoisotopic (exact) mass is 267 g/mol. The zero-order valence-corrected chi connectivity index (χ0v) is 11.3. The van der Waals surface area contributed by atoms with Crippen LogP contribution in [0.4, 0.5) is 0 Å². The molecule has 1 N–H and O–H groups in total. The topological polar surface area (TPSA) is 56.8 Å². The van der Waals surface area contributed by atoms with Crippen LogP contribution in [-0.4, -0.2) is 52.9 Å². The fourth-order valence-corrected chi connectivity index (χ4v) is 1.36. The van der Waals surface area contributed by atoms with Gasteiger partial charge in [-0.15, -0.1) is 0 Å². The van der Waals surface area contributed by atoms with Crippen molar-refractivity contribution in [3.8, 4) is 5.75 Å². The Morgan fingerprint density at radius 2 is 1.63 bits per heavy atom. The van der Waals surface area contributed by atoms with Crippen LogP contribution in [0.25, 0.3) is 0 Å². The van der Waals surface area contributed by atoms with Crippen LogP contribution in [0, 0.1) is 0 Å². The first-order valence-corrected chi connectivity index (χ1v) is 6.35. The van der Waals surface area contributed by atoms with E-state index in [9.17, 15) is 4.79 Å². The molecule has 5 heteroatoms. The number of aldehydes is 1. The van der Waals surface area contributed by atoms with Gasteiger partial charge in [0.05, 0.1) is 26.4 Å². The van der Waals surface area contributed by atoms with Gasteiger partial charge in [0.25, 0.3) is 0 Å². The Bertz CT molecular complexity index is 340. The summed E-state index contributed by atoms with van der Waals surface area (Å²) in [6.07, 6.45) is 0.807. The van der Waals surface area contributed by atoms with Crippen LogP contribution in [0.2, 0.25) is 0 Å². The van der Waals surface area contributed by atoms with E-state index < -0.39 is 0 Å². The first-order valence-electron chi connectivity index (χ1n) is 6.35. The molecule has 0 aromatic heterocycles. The molecule has 0 fully saturated rings. The molecular weight excluding hydrogens is 246 g/mol. The minimum atomic E-state index is 0.483. The third kappa shape index (κ3) is 7.56. The normalized spacial score (nSPS) is 10.4. The third-order valence-corrected chi connectivity index (χ3v) is 2.38. The lowest BCUT2D eigenvalue weighted by Crippen LogP contribution is -2.17. The zero-order valence-electron chi connectivity index (χ0n) is 11.3. The summed E-state index contributed by atoms with van der Waals surface area (Å²) < 4.78 is 16.1. The molecule has 0 aliphatic carbocycles. The first-order chi connectivity index (χ1) is 9.36. The molecule has 0 heterocycles. The van der Waals surface area contributed by atoms with Crippen molar-refractivity contribution in [3.63, 3.8) is 0 Å². The molecule has 0 atom stereocenters. The number of likely N-dealkylation sites (N-methyl/N-ethyl adjacent to an activating group) is 1. The Kier molecular flexibility index (Phi) is 8.63. The van der Waals surface area contributed by atoms with Crippen LogP contribution < -0.4 is 10.1 Å². The minimum absolute atomic E-state index is 0.483. The summed E-state index contributed by atoms with van der Waals surface area (Å²) in [5.41, 5.74) is 0.641. The van der Waals surface area contributed by atoms with E-state index >= 15 is 0 Å². The number of carbonyl (C=O) groups excluding carboxylic acids is 1. The lowest BCUT2D eigenvalue weighted by atomic mass is 10.2. The van der Waals surface area contributed by atoms with E-state index in [4.69, 9.17) is 14.2 Å². The van der Waals surface area contributed by atoms with Gasteiger partial charge < -0.3 is 19.5 Å². The standard InChI is InChI=1S/C14H21NO4/c1-15-6-7-17-8-9-18-10-11-19-14-4-2-13(12-16)3-5-14/h2-5,12,15H,6-11H2,1H3. The Balaban J connectivity index is 1.96. The maximum Gasteiger partial charge on any atom is 0.150 e. The molecule has 1 rings (SSSR count). The van der Waals surface area contributed by atoms with E-state index in [-0.39, 0.29) is 0 Å². The summed E-state index contributed by atoms with van der Waals surface area (Å²) >= 11 is 0. The van der Waals surface area contributed by atoms with Gasteiger partial charge in [0.15, 0.2) is 0 Å². The van der Waals surface area contributed by atoms with Crippen LogP contribution in [-0.2, 0) is 9.47 Å². The lowest BCUT2D eigenvalue weighted by molar-refractivity contribution is 0.0376. The predicted molar refractivity (Wildman–Crippen MR) is 72.9 cm³/mol. The third-order valence-electron chi connectivity index (χ3n) is 2.38. The lowest BCUT2D eigenvalue weighted by Gasteiger charge is -2.07.